The van der Waals surface area contributed by atoms with Crippen molar-refractivity contribution in [2.24, 2.45) is 17.8 Å². The number of ether oxygens (including phenoxy) is 1. The Hall–Kier alpha value is -1.01. The first-order valence-corrected chi connectivity index (χ1v) is 8.12. The summed E-state index contributed by atoms with van der Waals surface area (Å²) in [6, 6.07) is 4.41. The van der Waals surface area contributed by atoms with Crippen molar-refractivity contribution in [3.63, 3.8) is 0 Å². The first kappa shape index (κ1) is 11.8. The van der Waals surface area contributed by atoms with Gasteiger partial charge in [0.25, 0.3) is 0 Å². The first-order valence-electron chi connectivity index (χ1n) is 7.31. The number of nitriles is 1. The lowest BCUT2D eigenvalue weighted by Gasteiger charge is -2.56. The molecule has 0 amide bonds. The molecular formula is C16H19NOS. The normalized spacial score (nSPS) is 39.3. The third-order valence-corrected chi connectivity index (χ3v) is 6.91. The molecule has 0 atom stereocenters. The van der Waals surface area contributed by atoms with Crippen molar-refractivity contribution in [1.29, 1.82) is 5.26 Å². The number of nitrogens with zero attached hydrogens (tertiary/aromatic N) is 1. The van der Waals surface area contributed by atoms with Crippen molar-refractivity contribution < 1.29 is 4.74 Å². The highest BCUT2D eigenvalue weighted by molar-refractivity contribution is 7.14. The van der Waals surface area contributed by atoms with Gasteiger partial charge in [-0.1, -0.05) is 0 Å². The number of thiophene rings is 1. The molecule has 1 heterocycles. The van der Waals surface area contributed by atoms with Crippen molar-refractivity contribution in [2.45, 2.75) is 43.9 Å². The second-order valence-corrected chi connectivity index (χ2v) is 7.84. The fraction of sp³-hybridized carbons (Fsp3) is 0.688. The maximum Gasteiger partial charge on any atom is 0.191 e. The summed E-state index contributed by atoms with van der Waals surface area (Å²) in [6.07, 6.45) is 8.46. The molecule has 0 aliphatic heterocycles. The van der Waals surface area contributed by atoms with Gasteiger partial charge in [-0.3, -0.25) is 0 Å². The Kier molecular flexibility index (Phi) is 2.48. The van der Waals surface area contributed by atoms with Crippen LogP contribution in [0.5, 0.6) is 5.06 Å². The molecule has 4 aliphatic carbocycles. The third-order valence-electron chi connectivity index (χ3n) is 5.56. The Morgan fingerprint density at radius 1 is 1.21 bits per heavy atom. The van der Waals surface area contributed by atoms with Gasteiger partial charge in [0.15, 0.2) is 5.06 Å². The SMILES string of the molecule is COc1sc(C23CC4CC(CC(C4)C2)C3)cc1C#N. The topological polar surface area (TPSA) is 33.0 Å². The van der Waals surface area contributed by atoms with Crippen LogP contribution < -0.4 is 4.74 Å². The van der Waals surface area contributed by atoms with Gasteiger partial charge in [-0.05, 0) is 62.3 Å². The van der Waals surface area contributed by atoms with Gasteiger partial charge in [0.05, 0.1) is 7.11 Å². The molecule has 0 spiro atoms. The van der Waals surface area contributed by atoms with Gasteiger partial charge in [0.1, 0.15) is 11.6 Å². The van der Waals surface area contributed by atoms with E-state index >= 15 is 0 Å². The molecule has 4 saturated carbocycles. The highest BCUT2D eigenvalue weighted by Gasteiger charge is 2.52. The third kappa shape index (κ3) is 1.66. The van der Waals surface area contributed by atoms with Crippen molar-refractivity contribution in [1.82, 2.24) is 0 Å². The van der Waals surface area contributed by atoms with E-state index in [1.807, 2.05) is 0 Å². The maximum atomic E-state index is 9.22. The van der Waals surface area contributed by atoms with Crippen molar-refractivity contribution >= 4 is 11.3 Å². The lowest BCUT2D eigenvalue weighted by molar-refractivity contribution is -0.00347. The largest absolute Gasteiger partial charge is 0.486 e. The van der Waals surface area contributed by atoms with Crippen LogP contribution in [0.25, 0.3) is 0 Å². The van der Waals surface area contributed by atoms with E-state index < -0.39 is 0 Å². The smallest absolute Gasteiger partial charge is 0.191 e. The summed E-state index contributed by atoms with van der Waals surface area (Å²) in [7, 11) is 1.68. The average Bonchev–Trinajstić information content (AvgIpc) is 2.81. The van der Waals surface area contributed by atoms with E-state index in [1.54, 1.807) is 18.4 Å². The second-order valence-electron chi connectivity index (χ2n) is 6.83. The van der Waals surface area contributed by atoms with E-state index in [0.717, 1.165) is 28.4 Å². The minimum atomic E-state index is 0.391. The molecule has 3 heteroatoms. The van der Waals surface area contributed by atoms with Crippen LogP contribution >= 0.6 is 11.3 Å². The molecule has 1 aromatic heterocycles. The first-order chi connectivity index (χ1) is 9.22. The van der Waals surface area contributed by atoms with E-state index in [2.05, 4.69) is 12.1 Å². The minimum Gasteiger partial charge on any atom is -0.486 e. The predicted octanol–water partition coefficient (Wildman–Crippen LogP) is 4.10. The fourth-order valence-electron chi connectivity index (χ4n) is 5.28. The lowest BCUT2D eigenvalue weighted by Crippen LogP contribution is -2.48. The molecule has 5 rings (SSSR count). The van der Waals surface area contributed by atoms with Gasteiger partial charge in [0.2, 0.25) is 0 Å². The van der Waals surface area contributed by atoms with Crippen LogP contribution in [0, 0.1) is 29.1 Å². The van der Waals surface area contributed by atoms with Gasteiger partial charge < -0.3 is 4.74 Å². The van der Waals surface area contributed by atoms with Gasteiger partial charge in [0, 0.05) is 10.3 Å². The fourth-order valence-corrected chi connectivity index (χ4v) is 6.42. The Labute approximate surface area is 118 Å². The van der Waals surface area contributed by atoms with Crippen LogP contribution in [0.4, 0.5) is 0 Å². The molecule has 0 radical (unpaired) electrons. The molecule has 4 bridgehead atoms. The monoisotopic (exact) mass is 273 g/mol. The summed E-state index contributed by atoms with van der Waals surface area (Å²) in [5.41, 5.74) is 1.13. The number of methoxy groups -OCH3 is 1. The van der Waals surface area contributed by atoms with Crippen LogP contribution in [0.15, 0.2) is 6.07 Å². The molecule has 0 N–H and O–H groups in total. The highest BCUT2D eigenvalue weighted by Crippen LogP contribution is 2.62. The highest BCUT2D eigenvalue weighted by atomic mass is 32.1. The Morgan fingerprint density at radius 3 is 2.21 bits per heavy atom. The molecule has 4 aliphatic rings. The molecule has 4 fully saturated rings. The standard InChI is InChI=1S/C16H19NOS/c1-18-15-13(9-17)5-14(19-15)16-6-10-2-11(7-16)4-12(3-10)8-16/h5,10-12H,2-4,6-8H2,1H3. The summed E-state index contributed by atoms with van der Waals surface area (Å²) in [4.78, 5) is 1.43. The van der Waals surface area contributed by atoms with Crippen LogP contribution in [-0.4, -0.2) is 7.11 Å². The predicted molar refractivity (Wildman–Crippen MR) is 75.4 cm³/mol. The molecule has 100 valence electrons. The Bertz CT molecular complexity index is 518. The van der Waals surface area contributed by atoms with Crippen LogP contribution in [0.3, 0.4) is 0 Å². The van der Waals surface area contributed by atoms with Crippen LogP contribution in [0.1, 0.15) is 49.0 Å². The summed E-state index contributed by atoms with van der Waals surface area (Å²) >= 11 is 1.73. The van der Waals surface area contributed by atoms with Crippen molar-refractivity contribution in [2.75, 3.05) is 7.11 Å². The molecule has 2 nitrogen and oxygen atoms in total. The van der Waals surface area contributed by atoms with Crippen LogP contribution in [0.2, 0.25) is 0 Å². The summed E-state index contributed by atoms with van der Waals surface area (Å²) < 4.78 is 5.38. The van der Waals surface area contributed by atoms with E-state index in [9.17, 15) is 5.26 Å². The maximum absolute atomic E-state index is 9.22. The Balaban J connectivity index is 1.75. The quantitative estimate of drug-likeness (QED) is 0.813. The molecule has 0 saturated heterocycles. The molecule has 0 unspecified atom stereocenters. The molecule has 19 heavy (non-hydrogen) atoms. The van der Waals surface area contributed by atoms with E-state index in [4.69, 9.17) is 4.74 Å². The number of hydrogen-bond acceptors (Lipinski definition) is 3. The molecule has 1 aromatic rings. The second kappa shape index (κ2) is 3.99. The van der Waals surface area contributed by atoms with Gasteiger partial charge in [-0.25, -0.2) is 0 Å². The zero-order valence-electron chi connectivity index (χ0n) is 11.3. The molecule has 0 aromatic carbocycles. The summed E-state index contributed by atoms with van der Waals surface area (Å²) in [5.74, 6) is 2.85. The van der Waals surface area contributed by atoms with Gasteiger partial charge in [-0.2, -0.15) is 5.26 Å². The van der Waals surface area contributed by atoms with E-state index in [1.165, 1.54) is 43.4 Å². The number of rotatable bonds is 2. The van der Waals surface area contributed by atoms with Gasteiger partial charge in [-0.15, -0.1) is 11.3 Å². The lowest BCUT2D eigenvalue weighted by atomic mass is 9.49. The van der Waals surface area contributed by atoms with E-state index in [-0.39, 0.29) is 0 Å². The van der Waals surface area contributed by atoms with Crippen LogP contribution in [-0.2, 0) is 5.41 Å². The zero-order chi connectivity index (χ0) is 13.0. The van der Waals surface area contributed by atoms with Gasteiger partial charge >= 0.3 is 0 Å². The average molecular weight is 273 g/mol. The van der Waals surface area contributed by atoms with E-state index in [0.29, 0.717) is 5.41 Å². The minimum absolute atomic E-state index is 0.391. The van der Waals surface area contributed by atoms with Crippen molar-refractivity contribution in [3.8, 4) is 11.1 Å². The van der Waals surface area contributed by atoms with Crippen molar-refractivity contribution in [3.05, 3.63) is 16.5 Å². The summed E-state index contributed by atoms with van der Waals surface area (Å²) in [5, 5.41) is 10.0. The zero-order valence-corrected chi connectivity index (χ0v) is 12.1. The summed E-state index contributed by atoms with van der Waals surface area (Å²) in [6.45, 7) is 0. The molecular weight excluding hydrogens is 254 g/mol. The number of hydrogen-bond donors (Lipinski definition) is 0. The Morgan fingerprint density at radius 2 is 1.79 bits per heavy atom.